The zero-order valence-electron chi connectivity index (χ0n) is 12.3. The highest BCUT2D eigenvalue weighted by Crippen LogP contribution is 2.20. The third-order valence-corrected chi connectivity index (χ3v) is 2.59. The van der Waals surface area contributed by atoms with E-state index < -0.39 is 11.7 Å². The highest BCUT2D eigenvalue weighted by Gasteiger charge is 2.16. The maximum absolute atomic E-state index is 11.7. The van der Waals surface area contributed by atoms with Gasteiger partial charge in [-0.1, -0.05) is 18.2 Å². The summed E-state index contributed by atoms with van der Waals surface area (Å²) in [6.45, 7) is 5.41. The van der Waals surface area contributed by atoms with Gasteiger partial charge in [-0.05, 0) is 39.0 Å². The molecule has 0 fully saturated rings. The smallest absolute Gasteiger partial charge is 0.412 e. The Kier molecular flexibility index (Phi) is 4.12. The number of anilines is 1. The van der Waals surface area contributed by atoms with Gasteiger partial charge in [-0.2, -0.15) is 0 Å². The number of H-pyrrole nitrogens is 1. The summed E-state index contributed by atoms with van der Waals surface area (Å²) in [6, 6.07) is 12.1. The van der Waals surface area contributed by atoms with Gasteiger partial charge < -0.3 is 9.72 Å². The first-order valence-electron chi connectivity index (χ1n) is 6.63. The molecule has 0 radical (unpaired) electrons. The number of aromatic amines is 1. The van der Waals surface area contributed by atoms with Crippen molar-refractivity contribution in [2.45, 2.75) is 26.4 Å². The lowest BCUT2D eigenvalue weighted by Crippen LogP contribution is -2.27. The van der Waals surface area contributed by atoms with E-state index in [0.717, 1.165) is 5.56 Å². The number of ether oxygens (including phenoxy) is 1. The summed E-state index contributed by atoms with van der Waals surface area (Å²) in [5.74, 6) is 0. The van der Waals surface area contributed by atoms with E-state index in [4.69, 9.17) is 4.74 Å². The van der Waals surface area contributed by atoms with Crippen LogP contribution in [0.5, 0.6) is 0 Å². The van der Waals surface area contributed by atoms with Crippen molar-refractivity contribution in [3.05, 3.63) is 52.8 Å². The number of carbonyl (C=O) groups is 1. The Labute approximate surface area is 123 Å². The molecule has 1 aromatic carbocycles. The molecule has 0 bridgehead atoms. The zero-order chi connectivity index (χ0) is 15.5. The Hall–Kier alpha value is -2.56. The third-order valence-electron chi connectivity index (χ3n) is 2.59. The number of amides is 1. The monoisotopic (exact) mass is 286 g/mol. The molecule has 110 valence electrons. The molecule has 1 heterocycles. The molecule has 0 aliphatic rings. The van der Waals surface area contributed by atoms with E-state index in [1.54, 1.807) is 51.1 Å². The van der Waals surface area contributed by atoms with Crippen LogP contribution in [0.15, 0.2) is 47.3 Å². The van der Waals surface area contributed by atoms with Crippen molar-refractivity contribution in [1.82, 2.24) is 4.98 Å². The molecule has 0 aliphatic carbocycles. The number of rotatable bonds is 2. The van der Waals surface area contributed by atoms with E-state index in [9.17, 15) is 9.59 Å². The van der Waals surface area contributed by atoms with Crippen molar-refractivity contribution >= 4 is 11.8 Å². The van der Waals surface area contributed by atoms with Crippen molar-refractivity contribution < 1.29 is 9.53 Å². The molecule has 21 heavy (non-hydrogen) atoms. The molecule has 0 unspecified atom stereocenters. The Morgan fingerprint density at radius 3 is 2.52 bits per heavy atom. The molecule has 0 spiro atoms. The fourth-order valence-electron chi connectivity index (χ4n) is 1.80. The summed E-state index contributed by atoms with van der Waals surface area (Å²) in [5, 5.41) is 2.67. The van der Waals surface area contributed by atoms with Gasteiger partial charge in [0.2, 0.25) is 5.56 Å². The number of hydrogen-bond acceptors (Lipinski definition) is 3. The highest BCUT2D eigenvalue weighted by atomic mass is 16.6. The van der Waals surface area contributed by atoms with Crippen molar-refractivity contribution in [1.29, 1.82) is 0 Å². The first kappa shape index (κ1) is 14.8. The van der Waals surface area contributed by atoms with E-state index >= 15 is 0 Å². The Bertz CT molecular complexity index is 699. The number of carbonyl (C=O) groups excluding carboxylic acids is 1. The first-order valence-corrected chi connectivity index (χ1v) is 6.63. The predicted octanol–water partition coefficient (Wildman–Crippen LogP) is 3.39. The molecule has 0 saturated heterocycles. The van der Waals surface area contributed by atoms with Gasteiger partial charge in [0.15, 0.2) is 0 Å². The maximum atomic E-state index is 11.7. The average molecular weight is 286 g/mol. The average Bonchev–Trinajstić information content (AvgIpc) is 2.36. The topological polar surface area (TPSA) is 71.2 Å². The van der Waals surface area contributed by atoms with Crippen LogP contribution < -0.4 is 10.9 Å². The molecule has 0 aliphatic heterocycles. The van der Waals surface area contributed by atoms with Crippen LogP contribution in [-0.2, 0) is 4.74 Å². The largest absolute Gasteiger partial charge is 0.444 e. The van der Waals surface area contributed by atoms with Crippen molar-refractivity contribution in [3.8, 4) is 11.3 Å². The number of aromatic nitrogens is 1. The second-order valence-corrected chi connectivity index (χ2v) is 5.64. The maximum Gasteiger partial charge on any atom is 0.412 e. The van der Waals surface area contributed by atoms with Crippen LogP contribution in [0.3, 0.4) is 0 Å². The van der Waals surface area contributed by atoms with Crippen LogP contribution in [0.1, 0.15) is 20.8 Å². The molecule has 2 aromatic rings. The van der Waals surface area contributed by atoms with Crippen molar-refractivity contribution in [2.75, 3.05) is 5.32 Å². The minimum absolute atomic E-state index is 0.169. The van der Waals surface area contributed by atoms with Crippen LogP contribution >= 0.6 is 0 Å². The summed E-state index contributed by atoms with van der Waals surface area (Å²) < 4.78 is 5.20. The molecular formula is C16H18N2O3. The van der Waals surface area contributed by atoms with Gasteiger partial charge in [0.05, 0.1) is 0 Å². The minimum atomic E-state index is -0.549. The summed E-state index contributed by atoms with van der Waals surface area (Å²) in [5.41, 5.74) is 1.38. The first-order chi connectivity index (χ1) is 9.83. The second kappa shape index (κ2) is 5.83. The molecule has 5 nitrogen and oxygen atoms in total. The predicted molar refractivity (Wildman–Crippen MR) is 82.4 cm³/mol. The number of pyridine rings is 1. The molecular weight excluding hydrogens is 268 g/mol. The van der Waals surface area contributed by atoms with Crippen molar-refractivity contribution in [3.63, 3.8) is 0 Å². The highest BCUT2D eigenvalue weighted by molar-refractivity contribution is 5.86. The van der Waals surface area contributed by atoms with Crippen molar-refractivity contribution in [2.24, 2.45) is 0 Å². The van der Waals surface area contributed by atoms with Gasteiger partial charge in [-0.15, -0.1) is 0 Å². The van der Waals surface area contributed by atoms with E-state index in [-0.39, 0.29) is 5.56 Å². The zero-order valence-corrected chi connectivity index (χ0v) is 12.3. The standard InChI is InChI=1S/C16H18N2O3/c1-16(2,3)21-15(20)17-12-7-4-6-11(10-12)13-8-5-9-14(19)18-13/h4-10H,1-3H3,(H,17,20)(H,18,19). The van der Waals surface area contributed by atoms with Crippen LogP contribution in [0.2, 0.25) is 0 Å². The van der Waals surface area contributed by atoms with E-state index in [0.29, 0.717) is 11.4 Å². The number of benzene rings is 1. The summed E-state index contributed by atoms with van der Waals surface area (Å²) >= 11 is 0. The lowest BCUT2D eigenvalue weighted by molar-refractivity contribution is 0.0636. The SMILES string of the molecule is CC(C)(C)OC(=O)Nc1cccc(-c2cccc(=O)[nH]2)c1. The lowest BCUT2D eigenvalue weighted by atomic mass is 10.1. The molecule has 2 N–H and O–H groups in total. The van der Waals surface area contributed by atoms with Crippen LogP contribution in [0, 0.1) is 0 Å². The molecule has 1 aromatic heterocycles. The fraction of sp³-hybridized carbons (Fsp3) is 0.250. The molecule has 1 amide bonds. The quantitative estimate of drug-likeness (QED) is 0.889. The van der Waals surface area contributed by atoms with Gasteiger partial charge in [0.1, 0.15) is 5.60 Å². The van der Waals surface area contributed by atoms with E-state index in [1.165, 1.54) is 6.07 Å². The normalized spacial score (nSPS) is 11.0. The lowest BCUT2D eigenvalue weighted by Gasteiger charge is -2.19. The molecule has 0 atom stereocenters. The molecule has 2 rings (SSSR count). The van der Waals surface area contributed by atoms with Gasteiger partial charge in [0, 0.05) is 23.0 Å². The molecule has 5 heteroatoms. The molecule has 0 saturated carbocycles. The number of hydrogen-bond donors (Lipinski definition) is 2. The Balaban J connectivity index is 2.19. The van der Waals surface area contributed by atoms with Crippen LogP contribution in [0.4, 0.5) is 10.5 Å². The van der Waals surface area contributed by atoms with Gasteiger partial charge in [0.25, 0.3) is 0 Å². The summed E-state index contributed by atoms with van der Waals surface area (Å²) in [4.78, 5) is 25.8. The van der Waals surface area contributed by atoms with E-state index in [2.05, 4.69) is 10.3 Å². The third kappa shape index (κ3) is 4.49. The Morgan fingerprint density at radius 2 is 1.86 bits per heavy atom. The van der Waals surface area contributed by atoms with E-state index in [1.807, 2.05) is 6.07 Å². The second-order valence-electron chi connectivity index (χ2n) is 5.64. The minimum Gasteiger partial charge on any atom is -0.444 e. The van der Waals surface area contributed by atoms with Gasteiger partial charge in [-0.3, -0.25) is 10.1 Å². The van der Waals surface area contributed by atoms with Gasteiger partial charge >= 0.3 is 6.09 Å². The number of nitrogens with one attached hydrogen (secondary N) is 2. The Morgan fingerprint density at radius 1 is 1.14 bits per heavy atom. The van der Waals surface area contributed by atoms with Crippen LogP contribution in [0.25, 0.3) is 11.3 Å². The summed E-state index contributed by atoms with van der Waals surface area (Å²) in [6.07, 6.45) is -0.513. The van der Waals surface area contributed by atoms with Crippen LogP contribution in [-0.4, -0.2) is 16.7 Å². The fourth-order valence-corrected chi connectivity index (χ4v) is 1.80. The summed E-state index contributed by atoms with van der Waals surface area (Å²) in [7, 11) is 0. The van der Waals surface area contributed by atoms with Gasteiger partial charge in [-0.25, -0.2) is 4.79 Å².